The molecule has 3 aromatic rings. The molecule has 0 aliphatic rings. The summed E-state index contributed by atoms with van der Waals surface area (Å²) in [4.78, 5) is 14.7. The molecule has 3 rings (SSSR count). The molecule has 18 heavy (non-hydrogen) atoms. The van der Waals surface area contributed by atoms with Crippen molar-refractivity contribution in [3.8, 4) is 0 Å². The predicted octanol–water partition coefficient (Wildman–Crippen LogP) is 3.08. The van der Waals surface area contributed by atoms with E-state index in [-0.39, 0.29) is 5.69 Å². The number of nitro groups is 1. The van der Waals surface area contributed by atoms with E-state index in [1.807, 2.05) is 24.3 Å². The number of para-hydroxylation sites is 1. The van der Waals surface area contributed by atoms with E-state index in [1.165, 1.54) is 29.3 Å². The molecule has 0 bridgehead atoms. The van der Waals surface area contributed by atoms with Gasteiger partial charge in [-0.25, -0.2) is 4.98 Å². The van der Waals surface area contributed by atoms with Crippen molar-refractivity contribution in [3.63, 3.8) is 0 Å². The normalized spacial score (nSPS) is 10.9. The second-order valence-electron chi connectivity index (χ2n) is 3.39. The first kappa shape index (κ1) is 11.2. The lowest BCUT2D eigenvalue weighted by atomic mass is 10.3. The third-order valence-corrected chi connectivity index (χ3v) is 4.35. The van der Waals surface area contributed by atoms with Crippen molar-refractivity contribution in [1.82, 2.24) is 15.2 Å². The maximum absolute atomic E-state index is 10.8. The highest BCUT2D eigenvalue weighted by molar-refractivity contribution is 8.01. The van der Waals surface area contributed by atoms with E-state index in [1.54, 1.807) is 0 Å². The van der Waals surface area contributed by atoms with Crippen molar-refractivity contribution >= 4 is 39.0 Å². The van der Waals surface area contributed by atoms with E-state index < -0.39 is 4.92 Å². The fourth-order valence-corrected chi connectivity index (χ4v) is 3.49. The smallest absolute Gasteiger partial charge is 0.265 e. The Morgan fingerprint density at radius 3 is 3.00 bits per heavy atom. The molecular formula is C10H6N4O2S2. The van der Waals surface area contributed by atoms with Crippen LogP contribution in [0.3, 0.4) is 0 Å². The Morgan fingerprint density at radius 1 is 1.39 bits per heavy atom. The van der Waals surface area contributed by atoms with Gasteiger partial charge >= 0.3 is 5.69 Å². The van der Waals surface area contributed by atoms with Gasteiger partial charge in [-0.1, -0.05) is 12.1 Å². The van der Waals surface area contributed by atoms with Crippen molar-refractivity contribution in [2.75, 3.05) is 0 Å². The lowest BCUT2D eigenvalue weighted by Gasteiger charge is -1.91. The summed E-state index contributed by atoms with van der Waals surface area (Å²) >= 11 is 2.72. The Balaban J connectivity index is 1.96. The van der Waals surface area contributed by atoms with Gasteiger partial charge in [-0.3, -0.25) is 15.2 Å². The topological polar surface area (TPSA) is 84.7 Å². The molecule has 0 saturated carbocycles. The van der Waals surface area contributed by atoms with E-state index in [4.69, 9.17) is 0 Å². The number of hydrogen-bond donors (Lipinski definition) is 1. The first-order chi connectivity index (χ1) is 8.74. The Morgan fingerprint density at radius 2 is 2.22 bits per heavy atom. The van der Waals surface area contributed by atoms with Crippen LogP contribution >= 0.6 is 23.1 Å². The zero-order chi connectivity index (χ0) is 12.5. The van der Waals surface area contributed by atoms with E-state index in [2.05, 4.69) is 15.2 Å². The largest absolute Gasteiger partial charge is 0.320 e. The van der Waals surface area contributed by atoms with E-state index in [0.29, 0.717) is 5.03 Å². The molecule has 0 atom stereocenters. The van der Waals surface area contributed by atoms with Gasteiger partial charge in [-0.2, -0.15) is 5.10 Å². The number of rotatable bonds is 3. The highest BCUT2D eigenvalue weighted by atomic mass is 32.2. The van der Waals surface area contributed by atoms with Crippen LogP contribution < -0.4 is 0 Å². The first-order valence-electron chi connectivity index (χ1n) is 4.95. The van der Waals surface area contributed by atoms with E-state index >= 15 is 0 Å². The lowest BCUT2D eigenvalue weighted by Crippen LogP contribution is -1.87. The highest BCUT2D eigenvalue weighted by Crippen LogP contribution is 2.36. The van der Waals surface area contributed by atoms with Crippen molar-refractivity contribution in [3.05, 3.63) is 40.6 Å². The zero-order valence-corrected chi connectivity index (χ0v) is 10.5. The predicted molar refractivity (Wildman–Crippen MR) is 69.0 cm³/mol. The lowest BCUT2D eigenvalue weighted by molar-refractivity contribution is -0.387. The number of nitrogens with zero attached hydrogens (tertiary/aromatic N) is 3. The fraction of sp³-hybridized carbons (Fsp3) is 0. The summed E-state index contributed by atoms with van der Waals surface area (Å²) < 4.78 is 1.81. The van der Waals surface area contributed by atoms with Gasteiger partial charge < -0.3 is 0 Å². The number of hydrogen-bond acceptors (Lipinski definition) is 6. The second-order valence-corrected chi connectivity index (χ2v) is 5.68. The van der Waals surface area contributed by atoms with Crippen molar-refractivity contribution in [1.29, 1.82) is 0 Å². The second kappa shape index (κ2) is 4.39. The summed E-state index contributed by atoms with van der Waals surface area (Å²) in [6.45, 7) is 0. The maximum atomic E-state index is 10.8. The van der Waals surface area contributed by atoms with Crippen LogP contribution in [0.5, 0.6) is 0 Å². The number of benzene rings is 1. The van der Waals surface area contributed by atoms with E-state index in [0.717, 1.165) is 14.6 Å². The minimum Gasteiger partial charge on any atom is -0.265 e. The van der Waals surface area contributed by atoms with Gasteiger partial charge in [0.25, 0.3) is 0 Å². The molecule has 0 radical (unpaired) electrons. The molecule has 1 N–H and O–H groups in total. The van der Waals surface area contributed by atoms with E-state index in [9.17, 15) is 10.1 Å². The van der Waals surface area contributed by atoms with Crippen LogP contribution in [0.4, 0.5) is 5.69 Å². The molecule has 90 valence electrons. The van der Waals surface area contributed by atoms with Gasteiger partial charge in [0.1, 0.15) is 6.20 Å². The van der Waals surface area contributed by atoms with Crippen LogP contribution in [0.1, 0.15) is 0 Å². The van der Waals surface area contributed by atoms with Crippen LogP contribution in [-0.4, -0.2) is 20.1 Å². The quantitative estimate of drug-likeness (QED) is 0.588. The molecule has 0 aliphatic carbocycles. The molecule has 1 aromatic carbocycles. The molecule has 2 heterocycles. The zero-order valence-electron chi connectivity index (χ0n) is 8.86. The number of aromatic amines is 1. The average Bonchev–Trinajstić information content (AvgIpc) is 2.94. The highest BCUT2D eigenvalue weighted by Gasteiger charge is 2.18. The summed E-state index contributed by atoms with van der Waals surface area (Å²) in [5.74, 6) is 0. The summed E-state index contributed by atoms with van der Waals surface area (Å²) in [5, 5.41) is 17.5. The summed E-state index contributed by atoms with van der Waals surface area (Å²) in [5.41, 5.74) is 0.867. The van der Waals surface area contributed by atoms with Crippen molar-refractivity contribution < 1.29 is 4.92 Å². The Labute approximate surface area is 109 Å². The van der Waals surface area contributed by atoms with Gasteiger partial charge in [-0.05, 0) is 23.9 Å². The molecule has 0 saturated heterocycles. The Bertz CT molecular complexity index is 688. The Kier molecular flexibility index (Phi) is 2.73. The average molecular weight is 278 g/mol. The molecule has 8 heteroatoms. The van der Waals surface area contributed by atoms with Crippen LogP contribution in [0, 0.1) is 10.1 Å². The summed E-state index contributed by atoms with van der Waals surface area (Å²) in [6, 6.07) is 7.73. The van der Waals surface area contributed by atoms with Gasteiger partial charge in [0, 0.05) is 0 Å². The molecule has 0 spiro atoms. The summed E-state index contributed by atoms with van der Waals surface area (Å²) in [6.07, 6.45) is 1.20. The van der Waals surface area contributed by atoms with Crippen LogP contribution in [-0.2, 0) is 0 Å². The standard InChI is InChI=1S/C10H6N4O2S2/c15-14(16)7-5-11-13-9(7)18-10-12-6-3-1-2-4-8(6)17-10/h1-5H,(H,11,13). The van der Waals surface area contributed by atoms with Crippen molar-refractivity contribution in [2.24, 2.45) is 0 Å². The minimum absolute atomic E-state index is 0.0285. The van der Waals surface area contributed by atoms with Gasteiger partial charge in [0.2, 0.25) is 0 Å². The Hall–Kier alpha value is -1.93. The van der Waals surface area contributed by atoms with Gasteiger partial charge in [-0.15, -0.1) is 11.3 Å². The number of fused-ring (bicyclic) bond motifs is 1. The minimum atomic E-state index is -0.459. The SMILES string of the molecule is O=[N+]([O-])c1cn[nH]c1Sc1nc2ccccc2s1. The molecule has 0 aliphatic heterocycles. The number of nitrogens with one attached hydrogen (secondary N) is 1. The molecule has 2 aromatic heterocycles. The third kappa shape index (κ3) is 1.95. The van der Waals surface area contributed by atoms with Gasteiger partial charge in [0.15, 0.2) is 9.37 Å². The van der Waals surface area contributed by atoms with Crippen LogP contribution in [0.15, 0.2) is 39.8 Å². The fourth-order valence-electron chi connectivity index (χ4n) is 1.46. The first-order valence-corrected chi connectivity index (χ1v) is 6.58. The van der Waals surface area contributed by atoms with Crippen LogP contribution in [0.25, 0.3) is 10.2 Å². The third-order valence-electron chi connectivity index (χ3n) is 2.25. The number of H-pyrrole nitrogens is 1. The molecular weight excluding hydrogens is 272 g/mol. The van der Waals surface area contributed by atoms with Gasteiger partial charge in [0.05, 0.1) is 15.1 Å². The molecule has 0 amide bonds. The molecule has 0 fully saturated rings. The molecule has 6 nitrogen and oxygen atoms in total. The summed E-state index contributed by atoms with van der Waals surface area (Å²) in [7, 11) is 0. The van der Waals surface area contributed by atoms with Crippen molar-refractivity contribution in [2.45, 2.75) is 9.37 Å². The van der Waals surface area contributed by atoms with Crippen LogP contribution in [0.2, 0.25) is 0 Å². The number of thiazole rings is 1. The monoisotopic (exact) mass is 278 g/mol. The number of aromatic nitrogens is 3. The maximum Gasteiger partial charge on any atom is 0.320 e. The molecule has 0 unspecified atom stereocenters.